The molecule has 0 aliphatic rings. The van der Waals surface area contributed by atoms with Crippen LogP contribution in [0.4, 0.5) is 4.39 Å². The fourth-order valence-electron chi connectivity index (χ4n) is 1.38. The lowest BCUT2D eigenvalue weighted by molar-refractivity contribution is 0.620. The highest BCUT2D eigenvalue weighted by atomic mass is 79.9. The Balaban J connectivity index is 2.41. The molecule has 0 heterocycles. The van der Waals surface area contributed by atoms with Crippen LogP contribution in [0.25, 0.3) is 0 Å². The van der Waals surface area contributed by atoms with Crippen molar-refractivity contribution in [3.8, 4) is 11.8 Å². The molecule has 1 aromatic carbocycles. The van der Waals surface area contributed by atoms with Gasteiger partial charge in [-0.2, -0.15) is 0 Å². The molecule has 16 heavy (non-hydrogen) atoms. The molecule has 0 radical (unpaired) electrons. The smallest absolute Gasteiger partial charge is 0.138 e. The minimum Gasteiger partial charge on any atom is -0.206 e. The summed E-state index contributed by atoms with van der Waals surface area (Å²) in [5.74, 6) is 5.80. The van der Waals surface area contributed by atoms with E-state index in [4.69, 9.17) is 0 Å². The third kappa shape index (κ3) is 4.81. The van der Waals surface area contributed by atoms with E-state index in [-0.39, 0.29) is 5.82 Å². The lowest BCUT2D eigenvalue weighted by atomic mass is 10.1. The molecule has 0 atom stereocenters. The van der Waals surface area contributed by atoms with Crippen molar-refractivity contribution in [2.45, 2.75) is 39.0 Å². The van der Waals surface area contributed by atoms with Gasteiger partial charge >= 0.3 is 0 Å². The van der Waals surface area contributed by atoms with E-state index in [0.717, 1.165) is 18.4 Å². The Morgan fingerprint density at radius 1 is 1.25 bits per heavy atom. The summed E-state index contributed by atoms with van der Waals surface area (Å²) in [6, 6.07) is 4.98. The Kier molecular flexibility index (Phi) is 6.18. The lowest BCUT2D eigenvalue weighted by Gasteiger charge is -1.94. The molecule has 0 aliphatic heterocycles. The van der Waals surface area contributed by atoms with Crippen LogP contribution in [0.3, 0.4) is 0 Å². The quantitative estimate of drug-likeness (QED) is 0.544. The van der Waals surface area contributed by atoms with E-state index in [1.807, 2.05) is 6.07 Å². The average Bonchev–Trinajstić information content (AvgIpc) is 2.28. The number of hydrogen-bond acceptors (Lipinski definition) is 0. The third-order valence-electron chi connectivity index (χ3n) is 2.31. The van der Waals surface area contributed by atoms with E-state index in [0.29, 0.717) is 4.47 Å². The molecule has 0 saturated heterocycles. The van der Waals surface area contributed by atoms with Gasteiger partial charge in [0.05, 0.1) is 4.47 Å². The molecular formula is C14H16BrF. The predicted molar refractivity (Wildman–Crippen MR) is 69.7 cm³/mol. The predicted octanol–water partition coefficient (Wildman–Crippen LogP) is 4.91. The molecule has 1 rings (SSSR count). The summed E-state index contributed by atoms with van der Waals surface area (Å²) in [6.07, 6.45) is 5.79. The van der Waals surface area contributed by atoms with Gasteiger partial charge in [-0.25, -0.2) is 4.39 Å². The van der Waals surface area contributed by atoms with Gasteiger partial charge in [-0.15, -0.1) is 0 Å². The summed E-state index contributed by atoms with van der Waals surface area (Å²) in [4.78, 5) is 0. The molecular weight excluding hydrogens is 267 g/mol. The lowest BCUT2D eigenvalue weighted by Crippen LogP contribution is -1.80. The van der Waals surface area contributed by atoms with E-state index in [1.54, 1.807) is 6.07 Å². The molecule has 0 aliphatic carbocycles. The number of rotatable bonds is 4. The first-order valence-corrected chi connectivity index (χ1v) is 6.47. The standard InChI is InChI=1S/C14H16BrF/c1-2-3-4-5-6-7-8-12-9-10-13(15)14(16)11-12/h9-11H,2-6H2,1H3. The second-order valence-electron chi connectivity index (χ2n) is 3.74. The highest BCUT2D eigenvalue weighted by Gasteiger charge is 1.97. The normalized spacial score (nSPS) is 9.69. The van der Waals surface area contributed by atoms with Gasteiger partial charge in [-0.3, -0.25) is 0 Å². The molecule has 1 aromatic rings. The van der Waals surface area contributed by atoms with Gasteiger partial charge in [-0.05, 0) is 40.5 Å². The molecule has 0 saturated carbocycles. The zero-order valence-electron chi connectivity index (χ0n) is 9.52. The Labute approximate surface area is 105 Å². The van der Waals surface area contributed by atoms with Crippen LogP contribution >= 0.6 is 15.9 Å². The Morgan fingerprint density at radius 2 is 2.06 bits per heavy atom. The van der Waals surface area contributed by atoms with E-state index in [1.165, 1.54) is 25.3 Å². The van der Waals surface area contributed by atoms with Crippen molar-refractivity contribution in [1.29, 1.82) is 0 Å². The van der Waals surface area contributed by atoms with E-state index >= 15 is 0 Å². The van der Waals surface area contributed by atoms with E-state index in [2.05, 4.69) is 34.7 Å². The van der Waals surface area contributed by atoms with Crippen molar-refractivity contribution in [2.24, 2.45) is 0 Å². The maximum Gasteiger partial charge on any atom is 0.138 e. The van der Waals surface area contributed by atoms with Gasteiger partial charge in [0, 0.05) is 12.0 Å². The first-order chi connectivity index (χ1) is 7.74. The van der Waals surface area contributed by atoms with Crippen LogP contribution in [0.5, 0.6) is 0 Å². The van der Waals surface area contributed by atoms with E-state index in [9.17, 15) is 4.39 Å². The molecule has 0 bridgehead atoms. The number of unbranched alkanes of at least 4 members (excludes halogenated alkanes) is 4. The van der Waals surface area contributed by atoms with E-state index < -0.39 is 0 Å². The van der Waals surface area contributed by atoms with Crippen molar-refractivity contribution in [1.82, 2.24) is 0 Å². The first-order valence-electron chi connectivity index (χ1n) is 5.68. The van der Waals surface area contributed by atoms with Crippen LogP contribution in [0.15, 0.2) is 22.7 Å². The van der Waals surface area contributed by atoms with Gasteiger partial charge in [0.25, 0.3) is 0 Å². The second-order valence-corrected chi connectivity index (χ2v) is 4.60. The molecule has 0 unspecified atom stereocenters. The first kappa shape index (κ1) is 13.3. The van der Waals surface area contributed by atoms with Gasteiger partial charge in [0.15, 0.2) is 0 Å². The molecule has 86 valence electrons. The van der Waals surface area contributed by atoms with Crippen molar-refractivity contribution in [3.05, 3.63) is 34.1 Å². The van der Waals surface area contributed by atoms with Crippen LogP contribution in [0.2, 0.25) is 0 Å². The topological polar surface area (TPSA) is 0 Å². The minimum absolute atomic E-state index is 0.252. The summed E-state index contributed by atoms with van der Waals surface area (Å²) in [5, 5.41) is 0. The van der Waals surface area contributed by atoms with Crippen molar-refractivity contribution in [2.75, 3.05) is 0 Å². The zero-order valence-corrected chi connectivity index (χ0v) is 11.1. The summed E-state index contributed by atoms with van der Waals surface area (Å²) < 4.78 is 13.6. The van der Waals surface area contributed by atoms with Crippen LogP contribution in [0, 0.1) is 17.7 Å². The summed E-state index contributed by atoms with van der Waals surface area (Å²) in [6.45, 7) is 2.19. The highest BCUT2D eigenvalue weighted by molar-refractivity contribution is 9.10. The SMILES string of the molecule is CCCCCCC#Cc1ccc(Br)c(F)c1. The summed E-state index contributed by atoms with van der Waals surface area (Å²) in [7, 11) is 0. The van der Waals surface area contributed by atoms with Gasteiger partial charge in [0.2, 0.25) is 0 Å². The van der Waals surface area contributed by atoms with Crippen molar-refractivity contribution < 1.29 is 4.39 Å². The summed E-state index contributed by atoms with van der Waals surface area (Å²) >= 11 is 3.12. The maximum atomic E-state index is 13.1. The molecule has 0 aromatic heterocycles. The molecule has 0 nitrogen and oxygen atoms in total. The summed E-state index contributed by atoms with van der Waals surface area (Å²) in [5.41, 5.74) is 0.746. The van der Waals surface area contributed by atoms with Crippen LogP contribution in [-0.2, 0) is 0 Å². The van der Waals surface area contributed by atoms with Gasteiger partial charge in [0.1, 0.15) is 5.82 Å². The van der Waals surface area contributed by atoms with Gasteiger partial charge < -0.3 is 0 Å². The molecule has 0 N–H and O–H groups in total. The molecule has 0 amide bonds. The Hall–Kier alpha value is -0.810. The average molecular weight is 283 g/mol. The number of benzene rings is 1. The Morgan fingerprint density at radius 3 is 2.75 bits per heavy atom. The fourth-order valence-corrected chi connectivity index (χ4v) is 1.63. The monoisotopic (exact) mass is 282 g/mol. The molecule has 0 fully saturated rings. The van der Waals surface area contributed by atoms with Crippen LogP contribution in [-0.4, -0.2) is 0 Å². The maximum absolute atomic E-state index is 13.1. The Bertz CT molecular complexity index is 387. The number of halogens is 2. The number of hydrogen-bond donors (Lipinski definition) is 0. The van der Waals surface area contributed by atoms with Crippen LogP contribution < -0.4 is 0 Å². The molecule has 0 spiro atoms. The van der Waals surface area contributed by atoms with Crippen LogP contribution in [0.1, 0.15) is 44.6 Å². The highest BCUT2D eigenvalue weighted by Crippen LogP contribution is 2.15. The zero-order chi connectivity index (χ0) is 11.8. The minimum atomic E-state index is -0.252. The van der Waals surface area contributed by atoms with Gasteiger partial charge in [-0.1, -0.05) is 38.0 Å². The third-order valence-corrected chi connectivity index (χ3v) is 2.95. The second kappa shape index (κ2) is 7.46. The van der Waals surface area contributed by atoms with Crippen molar-refractivity contribution >= 4 is 15.9 Å². The van der Waals surface area contributed by atoms with Crippen molar-refractivity contribution in [3.63, 3.8) is 0 Å². The largest absolute Gasteiger partial charge is 0.206 e. The fraction of sp³-hybridized carbons (Fsp3) is 0.429. The molecule has 2 heteroatoms.